The van der Waals surface area contributed by atoms with Crippen LogP contribution in [0.2, 0.25) is 5.15 Å². The highest BCUT2D eigenvalue weighted by Gasteiger charge is 2.26. The van der Waals surface area contributed by atoms with Gasteiger partial charge in [-0.15, -0.1) is 11.3 Å². The first kappa shape index (κ1) is 14.2. The molecule has 0 aromatic carbocycles. The Morgan fingerprint density at radius 3 is 3.15 bits per heavy atom. The fraction of sp³-hybridized carbons (Fsp3) is 0.500. The number of rotatable bonds is 4. The molecule has 1 aliphatic heterocycles. The summed E-state index contributed by atoms with van der Waals surface area (Å²) < 4.78 is 39.2. The molecule has 0 aliphatic carbocycles. The highest BCUT2D eigenvalue weighted by atomic mass is 35.5. The molecule has 2 aromatic rings. The first-order chi connectivity index (χ1) is 9.58. The van der Waals surface area contributed by atoms with Crippen molar-refractivity contribution >= 4 is 37.9 Å². The van der Waals surface area contributed by atoms with Crippen LogP contribution in [0.4, 0.5) is 0 Å². The standard InChI is InChI=1S/C10H12ClN3O4S2/c11-8-9(14-1-4-19-10(14)13-8)20(15,16)12-5-7-6-17-2-3-18-7/h1,4,7,12H,2-3,5-6H2. The Hall–Kier alpha value is -0.710. The molecule has 3 heterocycles. The van der Waals surface area contributed by atoms with E-state index in [1.165, 1.54) is 15.7 Å². The zero-order valence-corrected chi connectivity index (χ0v) is 12.7. The fourth-order valence-electron chi connectivity index (χ4n) is 1.90. The smallest absolute Gasteiger partial charge is 0.259 e. The second-order valence-corrected chi connectivity index (χ2v) is 7.10. The molecule has 0 bridgehead atoms. The quantitative estimate of drug-likeness (QED) is 0.890. The fourth-order valence-corrected chi connectivity index (χ4v) is 4.42. The summed E-state index contributed by atoms with van der Waals surface area (Å²) in [6, 6.07) is 0. The summed E-state index contributed by atoms with van der Waals surface area (Å²) in [5.74, 6) is 0. The van der Waals surface area contributed by atoms with Crippen LogP contribution in [0.15, 0.2) is 16.6 Å². The van der Waals surface area contributed by atoms with E-state index in [1.807, 2.05) is 0 Å². The molecule has 2 aromatic heterocycles. The van der Waals surface area contributed by atoms with Gasteiger partial charge in [0.25, 0.3) is 10.0 Å². The third-order valence-corrected chi connectivity index (χ3v) is 5.40. The molecule has 1 saturated heterocycles. The molecule has 10 heteroatoms. The van der Waals surface area contributed by atoms with Gasteiger partial charge in [0.1, 0.15) is 0 Å². The maximum absolute atomic E-state index is 12.3. The Kier molecular flexibility index (Phi) is 3.98. The topological polar surface area (TPSA) is 81.9 Å². The molecule has 3 rings (SSSR count). The number of imidazole rings is 1. The zero-order chi connectivity index (χ0) is 14.2. The van der Waals surface area contributed by atoms with Crippen LogP contribution in [-0.4, -0.2) is 50.3 Å². The number of halogens is 1. The second kappa shape index (κ2) is 5.58. The van der Waals surface area contributed by atoms with Gasteiger partial charge in [-0.2, -0.15) is 0 Å². The van der Waals surface area contributed by atoms with Crippen molar-refractivity contribution in [3.8, 4) is 0 Å². The number of aromatic nitrogens is 2. The Labute approximate surface area is 124 Å². The van der Waals surface area contributed by atoms with E-state index in [-0.39, 0.29) is 22.8 Å². The number of nitrogens with one attached hydrogen (secondary N) is 1. The Morgan fingerprint density at radius 1 is 1.55 bits per heavy atom. The van der Waals surface area contributed by atoms with Gasteiger partial charge in [0, 0.05) is 18.1 Å². The molecule has 1 aliphatic rings. The Bertz CT molecular complexity index is 705. The Morgan fingerprint density at radius 2 is 2.40 bits per heavy atom. The van der Waals surface area contributed by atoms with E-state index in [0.717, 1.165) is 0 Å². The number of ether oxygens (including phenoxy) is 2. The lowest BCUT2D eigenvalue weighted by molar-refractivity contribution is -0.0847. The molecule has 0 radical (unpaired) electrons. The lowest BCUT2D eigenvalue weighted by Gasteiger charge is -2.22. The van der Waals surface area contributed by atoms with E-state index in [4.69, 9.17) is 21.1 Å². The molecule has 0 saturated carbocycles. The van der Waals surface area contributed by atoms with Crippen molar-refractivity contribution in [3.63, 3.8) is 0 Å². The van der Waals surface area contributed by atoms with Crippen molar-refractivity contribution in [2.75, 3.05) is 26.4 Å². The highest BCUT2D eigenvalue weighted by molar-refractivity contribution is 7.89. The van der Waals surface area contributed by atoms with Crippen molar-refractivity contribution in [2.45, 2.75) is 11.1 Å². The van der Waals surface area contributed by atoms with Gasteiger partial charge in [0.15, 0.2) is 15.1 Å². The highest BCUT2D eigenvalue weighted by Crippen LogP contribution is 2.25. The predicted octanol–water partition coefficient (Wildman–Crippen LogP) is 0.743. The second-order valence-electron chi connectivity index (χ2n) is 4.18. The summed E-state index contributed by atoms with van der Waals surface area (Å²) in [6.45, 7) is 1.51. The van der Waals surface area contributed by atoms with Crippen LogP contribution in [0.25, 0.3) is 4.96 Å². The summed E-state index contributed by atoms with van der Waals surface area (Å²) in [6.07, 6.45) is 1.33. The monoisotopic (exact) mass is 337 g/mol. The molecule has 1 N–H and O–H groups in total. The molecule has 1 fully saturated rings. The van der Waals surface area contributed by atoms with E-state index in [0.29, 0.717) is 24.8 Å². The number of fused-ring (bicyclic) bond motifs is 1. The van der Waals surface area contributed by atoms with Gasteiger partial charge in [-0.3, -0.25) is 4.40 Å². The third kappa shape index (κ3) is 2.69. The Balaban J connectivity index is 1.80. The summed E-state index contributed by atoms with van der Waals surface area (Å²) in [7, 11) is -3.75. The van der Waals surface area contributed by atoms with Crippen molar-refractivity contribution in [1.29, 1.82) is 0 Å². The van der Waals surface area contributed by atoms with Crippen molar-refractivity contribution in [2.24, 2.45) is 0 Å². The molecular formula is C10H12ClN3O4S2. The third-order valence-electron chi connectivity index (χ3n) is 2.82. The van der Waals surface area contributed by atoms with E-state index in [9.17, 15) is 8.42 Å². The predicted molar refractivity (Wildman–Crippen MR) is 73.8 cm³/mol. The van der Waals surface area contributed by atoms with Crippen LogP contribution in [0.5, 0.6) is 0 Å². The molecule has 0 spiro atoms. The molecule has 1 unspecified atom stereocenters. The number of thiazole rings is 1. The maximum Gasteiger partial charge on any atom is 0.259 e. The average Bonchev–Trinajstić information content (AvgIpc) is 2.97. The van der Waals surface area contributed by atoms with Crippen LogP contribution in [0.3, 0.4) is 0 Å². The summed E-state index contributed by atoms with van der Waals surface area (Å²) >= 11 is 7.23. The van der Waals surface area contributed by atoms with Crippen LogP contribution in [0, 0.1) is 0 Å². The van der Waals surface area contributed by atoms with Crippen molar-refractivity contribution in [1.82, 2.24) is 14.1 Å². The number of hydrogen-bond acceptors (Lipinski definition) is 6. The molecular weight excluding hydrogens is 326 g/mol. The van der Waals surface area contributed by atoms with Crippen molar-refractivity contribution in [3.05, 3.63) is 16.7 Å². The van der Waals surface area contributed by atoms with Gasteiger partial charge in [-0.05, 0) is 0 Å². The molecule has 1 atom stereocenters. The van der Waals surface area contributed by atoms with Gasteiger partial charge in [0.2, 0.25) is 0 Å². The van der Waals surface area contributed by atoms with Gasteiger partial charge < -0.3 is 9.47 Å². The lowest BCUT2D eigenvalue weighted by Crippen LogP contribution is -2.40. The van der Waals surface area contributed by atoms with Gasteiger partial charge in [-0.1, -0.05) is 11.6 Å². The van der Waals surface area contributed by atoms with E-state index in [1.54, 1.807) is 11.6 Å². The normalized spacial score (nSPS) is 20.6. The van der Waals surface area contributed by atoms with Crippen molar-refractivity contribution < 1.29 is 17.9 Å². The molecule has 0 amide bonds. The average molecular weight is 338 g/mol. The van der Waals surface area contributed by atoms with E-state index < -0.39 is 10.0 Å². The van der Waals surface area contributed by atoms with Crippen LogP contribution in [-0.2, 0) is 19.5 Å². The van der Waals surface area contributed by atoms with Crippen LogP contribution in [0.1, 0.15) is 0 Å². The molecule has 7 nitrogen and oxygen atoms in total. The van der Waals surface area contributed by atoms with E-state index >= 15 is 0 Å². The minimum Gasteiger partial charge on any atom is -0.376 e. The first-order valence-corrected chi connectivity index (χ1v) is 8.62. The molecule has 20 heavy (non-hydrogen) atoms. The number of sulfonamides is 1. The number of hydrogen-bond donors (Lipinski definition) is 1. The first-order valence-electron chi connectivity index (χ1n) is 5.88. The van der Waals surface area contributed by atoms with Crippen LogP contribution < -0.4 is 4.72 Å². The molecule has 110 valence electrons. The summed E-state index contributed by atoms with van der Waals surface area (Å²) in [5, 5.41) is 1.66. The van der Waals surface area contributed by atoms with Gasteiger partial charge in [0.05, 0.1) is 25.9 Å². The zero-order valence-electron chi connectivity index (χ0n) is 10.3. The summed E-state index contributed by atoms with van der Waals surface area (Å²) in [4.78, 5) is 4.54. The minimum atomic E-state index is -3.75. The van der Waals surface area contributed by atoms with Crippen LogP contribution >= 0.6 is 22.9 Å². The summed E-state index contributed by atoms with van der Waals surface area (Å²) in [5.41, 5.74) is 0. The largest absolute Gasteiger partial charge is 0.376 e. The lowest BCUT2D eigenvalue weighted by atomic mass is 10.3. The van der Waals surface area contributed by atoms with Gasteiger partial charge in [-0.25, -0.2) is 18.1 Å². The number of nitrogens with zero attached hydrogens (tertiary/aromatic N) is 2. The maximum atomic E-state index is 12.3. The van der Waals surface area contributed by atoms with Gasteiger partial charge >= 0.3 is 0 Å². The SMILES string of the molecule is O=S(=O)(NCC1COCCO1)c1c(Cl)nc2sccn12. The van der Waals surface area contributed by atoms with E-state index in [2.05, 4.69) is 9.71 Å². The minimum absolute atomic E-state index is 0.0369.